The van der Waals surface area contributed by atoms with E-state index in [4.69, 9.17) is 0 Å². The van der Waals surface area contributed by atoms with Gasteiger partial charge >= 0.3 is 0 Å². The third-order valence-corrected chi connectivity index (χ3v) is 5.17. The largest absolute Gasteiger partial charge is 0.391 e. The number of aliphatic hydroxyl groups excluding tert-OH is 1. The molecule has 2 rings (SSSR count). The minimum Gasteiger partial charge on any atom is -0.391 e. The molecule has 1 aliphatic carbocycles. The van der Waals surface area contributed by atoms with Crippen molar-refractivity contribution in [1.29, 1.82) is 0 Å². The molecule has 1 saturated carbocycles. The van der Waals surface area contributed by atoms with Crippen LogP contribution in [0.3, 0.4) is 0 Å². The Kier molecular flexibility index (Phi) is 5.55. The van der Waals surface area contributed by atoms with Gasteiger partial charge in [-0.05, 0) is 31.9 Å². The molecule has 3 N–H and O–H groups in total. The molecule has 0 bridgehead atoms. The molecule has 1 fully saturated rings. The van der Waals surface area contributed by atoms with Crippen molar-refractivity contribution in [2.24, 2.45) is 0 Å². The van der Waals surface area contributed by atoms with E-state index >= 15 is 0 Å². The van der Waals surface area contributed by atoms with E-state index in [0.29, 0.717) is 18.7 Å². The number of nitrogens with zero attached hydrogens (tertiary/aromatic N) is 1. The number of hydrogen-bond acceptors (Lipinski definition) is 5. The van der Waals surface area contributed by atoms with E-state index in [1.807, 2.05) is 6.92 Å². The second kappa shape index (κ2) is 7.20. The first kappa shape index (κ1) is 16.2. The van der Waals surface area contributed by atoms with Gasteiger partial charge in [0.25, 0.3) is 0 Å². The monoisotopic (exact) mass is 313 g/mol. The summed E-state index contributed by atoms with van der Waals surface area (Å²) in [6.45, 7) is 2.67. The number of anilines is 1. The van der Waals surface area contributed by atoms with Gasteiger partial charge in [-0.1, -0.05) is 19.3 Å². The van der Waals surface area contributed by atoms with Gasteiger partial charge in [0.15, 0.2) is 0 Å². The highest BCUT2D eigenvalue weighted by molar-refractivity contribution is 7.89. The second-order valence-electron chi connectivity index (χ2n) is 5.34. The van der Waals surface area contributed by atoms with Crippen LogP contribution >= 0.6 is 0 Å². The Morgan fingerprint density at radius 3 is 2.71 bits per heavy atom. The number of pyridine rings is 1. The quantitative estimate of drug-likeness (QED) is 0.716. The maximum absolute atomic E-state index is 12.3. The average molecular weight is 313 g/mol. The molecule has 0 radical (unpaired) electrons. The Balaban J connectivity index is 2.09. The van der Waals surface area contributed by atoms with E-state index in [0.717, 1.165) is 25.8 Å². The minimum absolute atomic E-state index is 0.126. The predicted octanol–water partition coefficient (Wildman–Crippen LogP) is 1.49. The summed E-state index contributed by atoms with van der Waals surface area (Å²) in [5, 5.41) is 13.0. The van der Waals surface area contributed by atoms with E-state index in [9.17, 15) is 13.5 Å². The Morgan fingerprint density at radius 2 is 2.05 bits per heavy atom. The Labute approximate surface area is 126 Å². The van der Waals surface area contributed by atoms with Gasteiger partial charge in [0.05, 0.1) is 6.10 Å². The topological polar surface area (TPSA) is 91.3 Å². The van der Waals surface area contributed by atoms with Crippen LogP contribution in [0.4, 0.5) is 5.82 Å². The molecular weight excluding hydrogens is 290 g/mol. The van der Waals surface area contributed by atoms with Crippen molar-refractivity contribution in [3.05, 3.63) is 18.3 Å². The lowest BCUT2D eigenvalue weighted by molar-refractivity contribution is 0.130. The van der Waals surface area contributed by atoms with Crippen LogP contribution in [-0.4, -0.2) is 37.2 Å². The summed E-state index contributed by atoms with van der Waals surface area (Å²) in [5.41, 5.74) is 0. The zero-order valence-corrected chi connectivity index (χ0v) is 13.1. The highest BCUT2D eigenvalue weighted by Crippen LogP contribution is 2.20. The minimum atomic E-state index is -3.64. The fraction of sp³-hybridized carbons (Fsp3) is 0.643. The molecule has 1 aromatic heterocycles. The van der Waals surface area contributed by atoms with Gasteiger partial charge in [0, 0.05) is 18.8 Å². The predicted molar refractivity (Wildman–Crippen MR) is 81.6 cm³/mol. The molecule has 6 nitrogen and oxygen atoms in total. The summed E-state index contributed by atoms with van der Waals surface area (Å²) >= 11 is 0. The molecule has 0 spiro atoms. The highest BCUT2D eigenvalue weighted by atomic mass is 32.2. The number of rotatable bonds is 5. The number of nitrogens with one attached hydrogen (secondary N) is 2. The Hall–Kier alpha value is -1.18. The van der Waals surface area contributed by atoms with Crippen molar-refractivity contribution in [1.82, 2.24) is 9.71 Å². The van der Waals surface area contributed by atoms with Gasteiger partial charge in [-0.3, -0.25) is 0 Å². The Morgan fingerprint density at radius 1 is 1.29 bits per heavy atom. The van der Waals surface area contributed by atoms with Gasteiger partial charge in [0.2, 0.25) is 10.0 Å². The number of hydrogen-bond donors (Lipinski definition) is 3. The van der Waals surface area contributed by atoms with Gasteiger partial charge in [-0.15, -0.1) is 0 Å². The van der Waals surface area contributed by atoms with Crippen molar-refractivity contribution >= 4 is 15.8 Å². The molecule has 21 heavy (non-hydrogen) atoms. The van der Waals surface area contributed by atoms with E-state index in [1.165, 1.54) is 12.3 Å². The maximum Gasteiger partial charge on any atom is 0.242 e. The van der Waals surface area contributed by atoms with E-state index in [1.54, 1.807) is 6.07 Å². The third-order valence-electron chi connectivity index (χ3n) is 3.69. The molecule has 2 unspecified atom stereocenters. The van der Waals surface area contributed by atoms with Gasteiger partial charge in [-0.25, -0.2) is 18.1 Å². The number of aromatic nitrogens is 1. The summed E-state index contributed by atoms with van der Waals surface area (Å²) < 4.78 is 27.3. The smallest absolute Gasteiger partial charge is 0.242 e. The van der Waals surface area contributed by atoms with Gasteiger partial charge in [0.1, 0.15) is 10.7 Å². The normalized spacial score (nSPS) is 23.5. The first-order chi connectivity index (χ1) is 10.0. The van der Waals surface area contributed by atoms with E-state index < -0.39 is 22.2 Å². The van der Waals surface area contributed by atoms with Gasteiger partial charge < -0.3 is 10.4 Å². The lowest BCUT2D eigenvalue weighted by atomic mass is 10.1. The molecule has 0 aliphatic heterocycles. The molecular formula is C14H23N3O3S. The molecule has 2 atom stereocenters. The molecule has 0 aromatic carbocycles. The standard InChI is InChI=1S/C14H23N3O3S/c1-2-15-14-9-8-11(10-16-14)21(19,20)17-12-6-4-3-5-7-13(12)18/h8-10,12-13,17-18H,2-7H2,1H3,(H,15,16). The van der Waals surface area contributed by atoms with Crippen LogP contribution in [0.15, 0.2) is 23.2 Å². The molecule has 0 amide bonds. The first-order valence-corrected chi connectivity index (χ1v) is 8.91. The molecule has 118 valence electrons. The van der Waals surface area contributed by atoms with Crippen molar-refractivity contribution in [2.75, 3.05) is 11.9 Å². The number of sulfonamides is 1. The van der Waals surface area contributed by atoms with Crippen molar-refractivity contribution in [3.63, 3.8) is 0 Å². The molecule has 1 aliphatic rings. The van der Waals surface area contributed by atoms with E-state index in [-0.39, 0.29) is 4.90 Å². The third kappa shape index (κ3) is 4.39. The van der Waals surface area contributed by atoms with Crippen LogP contribution in [0, 0.1) is 0 Å². The average Bonchev–Trinajstić information content (AvgIpc) is 2.65. The summed E-state index contributed by atoms with van der Waals surface area (Å²) in [6.07, 6.45) is 4.95. The summed E-state index contributed by atoms with van der Waals surface area (Å²) in [5.74, 6) is 0.644. The van der Waals surface area contributed by atoms with Crippen LogP contribution in [-0.2, 0) is 10.0 Å². The lowest BCUT2D eigenvalue weighted by Gasteiger charge is -2.21. The second-order valence-corrected chi connectivity index (χ2v) is 7.06. The summed E-state index contributed by atoms with van der Waals surface area (Å²) in [6, 6.07) is 2.75. The van der Waals surface area contributed by atoms with Crippen LogP contribution < -0.4 is 10.0 Å². The van der Waals surface area contributed by atoms with Crippen molar-refractivity contribution in [3.8, 4) is 0 Å². The summed E-state index contributed by atoms with van der Waals surface area (Å²) in [4.78, 5) is 4.20. The zero-order valence-electron chi connectivity index (χ0n) is 12.2. The molecule has 1 heterocycles. The van der Waals surface area contributed by atoms with Crippen molar-refractivity contribution < 1.29 is 13.5 Å². The fourth-order valence-electron chi connectivity index (χ4n) is 2.52. The SMILES string of the molecule is CCNc1ccc(S(=O)(=O)NC2CCCCCC2O)cn1. The lowest BCUT2D eigenvalue weighted by Crippen LogP contribution is -2.42. The maximum atomic E-state index is 12.3. The fourth-order valence-corrected chi connectivity index (χ4v) is 3.77. The van der Waals surface area contributed by atoms with Crippen LogP contribution in [0.2, 0.25) is 0 Å². The molecule has 1 aromatic rings. The summed E-state index contributed by atoms with van der Waals surface area (Å²) in [7, 11) is -3.64. The van der Waals surface area contributed by atoms with Crippen molar-refractivity contribution in [2.45, 2.75) is 56.1 Å². The number of aliphatic hydroxyl groups is 1. The van der Waals surface area contributed by atoms with Crippen LogP contribution in [0.25, 0.3) is 0 Å². The van der Waals surface area contributed by atoms with E-state index in [2.05, 4.69) is 15.0 Å². The van der Waals surface area contributed by atoms with Crippen LogP contribution in [0.5, 0.6) is 0 Å². The van der Waals surface area contributed by atoms with Gasteiger partial charge in [-0.2, -0.15) is 0 Å². The highest BCUT2D eigenvalue weighted by Gasteiger charge is 2.27. The molecule has 0 saturated heterocycles. The Bertz CT molecular complexity index is 545. The van der Waals surface area contributed by atoms with Crippen LogP contribution in [0.1, 0.15) is 39.0 Å². The molecule has 7 heteroatoms. The first-order valence-electron chi connectivity index (χ1n) is 7.43. The zero-order chi connectivity index (χ0) is 15.3.